The number of nitrogens with zero attached hydrogens (tertiary/aromatic N) is 4. The molecular formula is C14H23N5O2S. The second kappa shape index (κ2) is 6.37. The molecule has 8 heteroatoms. The zero-order valence-electron chi connectivity index (χ0n) is 13.1. The topological polar surface area (TPSA) is 70.6 Å². The molecule has 1 spiro atoms. The van der Waals surface area contributed by atoms with Crippen LogP contribution in [-0.4, -0.2) is 65.6 Å². The normalized spacial score (nSPS) is 25.8. The summed E-state index contributed by atoms with van der Waals surface area (Å²) in [5, 5.41) is 12.0. The van der Waals surface area contributed by atoms with Gasteiger partial charge in [-0.2, -0.15) is 0 Å². The SMILES string of the molecule is CC(C)NC(=O)N1CCO[C@]2(CCCN(c3nncs3)C2)C1. The van der Waals surface area contributed by atoms with Gasteiger partial charge in [-0.25, -0.2) is 4.79 Å². The molecule has 0 aliphatic carbocycles. The number of anilines is 1. The summed E-state index contributed by atoms with van der Waals surface area (Å²) in [6, 6.07) is 0.154. The van der Waals surface area contributed by atoms with Crippen LogP contribution in [0.15, 0.2) is 5.51 Å². The van der Waals surface area contributed by atoms with Gasteiger partial charge in [0.25, 0.3) is 0 Å². The van der Waals surface area contributed by atoms with Gasteiger partial charge in [0.1, 0.15) is 11.1 Å². The average molecular weight is 325 g/mol. The fourth-order valence-electron chi connectivity index (χ4n) is 3.17. The number of hydrogen-bond acceptors (Lipinski definition) is 6. The van der Waals surface area contributed by atoms with Crippen LogP contribution in [0.25, 0.3) is 0 Å². The molecule has 0 saturated carbocycles. The third-order valence-electron chi connectivity index (χ3n) is 4.11. The molecule has 1 aromatic heterocycles. The predicted molar refractivity (Wildman–Crippen MR) is 85.3 cm³/mol. The van der Waals surface area contributed by atoms with Crippen molar-refractivity contribution >= 4 is 22.5 Å². The zero-order chi connectivity index (χ0) is 15.6. The number of carbonyl (C=O) groups excluding carboxylic acids is 1. The Morgan fingerprint density at radius 2 is 2.32 bits per heavy atom. The highest BCUT2D eigenvalue weighted by molar-refractivity contribution is 7.13. The molecule has 22 heavy (non-hydrogen) atoms. The van der Waals surface area contributed by atoms with Crippen molar-refractivity contribution in [2.75, 3.05) is 37.7 Å². The van der Waals surface area contributed by atoms with E-state index in [0.717, 1.165) is 31.1 Å². The largest absolute Gasteiger partial charge is 0.369 e. The molecule has 0 bridgehead atoms. The first-order valence-corrected chi connectivity index (χ1v) is 8.66. The van der Waals surface area contributed by atoms with Crippen LogP contribution in [0.4, 0.5) is 9.93 Å². The molecule has 3 rings (SSSR count). The predicted octanol–water partition coefficient (Wildman–Crippen LogP) is 1.33. The number of hydrogen-bond donors (Lipinski definition) is 1. The van der Waals surface area contributed by atoms with E-state index < -0.39 is 0 Å². The molecule has 1 atom stereocenters. The molecular weight excluding hydrogens is 302 g/mol. The molecule has 2 saturated heterocycles. The van der Waals surface area contributed by atoms with E-state index in [1.807, 2.05) is 18.7 Å². The average Bonchev–Trinajstić information content (AvgIpc) is 3.01. The first kappa shape index (κ1) is 15.5. The third-order valence-corrected chi connectivity index (χ3v) is 4.86. The lowest BCUT2D eigenvalue weighted by molar-refractivity contribution is -0.103. The van der Waals surface area contributed by atoms with E-state index in [2.05, 4.69) is 20.4 Å². The van der Waals surface area contributed by atoms with Crippen molar-refractivity contribution in [1.82, 2.24) is 20.4 Å². The Labute approximate surface area is 134 Å². The molecule has 0 aromatic carbocycles. The Hall–Kier alpha value is -1.41. The van der Waals surface area contributed by atoms with Gasteiger partial charge in [-0.3, -0.25) is 0 Å². The third kappa shape index (κ3) is 3.33. The summed E-state index contributed by atoms with van der Waals surface area (Å²) in [6.45, 7) is 7.58. The number of morpholine rings is 1. The number of aromatic nitrogens is 2. The second-order valence-corrected chi connectivity index (χ2v) is 7.12. The van der Waals surface area contributed by atoms with Crippen molar-refractivity contribution in [3.63, 3.8) is 0 Å². The molecule has 7 nitrogen and oxygen atoms in total. The van der Waals surface area contributed by atoms with Crippen molar-refractivity contribution < 1.29 is 9.53 Å². The lowest BCUT2D eigenvalue weighted by atomic mass is 9.91. The Bertz CT molecular complexity index is 505. The second-order valence-electron chi connectivity index (χ2n) is 6.30. The maximum absolute atomic E-state index is 12.3. The summed E-state index contributed by atoms with van der Waals surface area (Å²) in [5.41, 5.74) is 1.47. The Morgan fingerprint density at radius 3 is 3.05 bits per heavy atom. The zero-order valence-corrected chi connectivity index (χ0v) is 13.9. The van der Waals surface area contributed by atoms with E-state index in [9.17, 15) is 4.79 Å². The van der Waals surface area contributed by atoms with E-state index in [-0.39, 0.29) is 17.7 Å². The minimum atomic E-state index is -0.281. The fraction of sp³-hybridized carbons (Fsp3) is 0.786. The van der Waals surface area contributed by atoms with E-state index in [4.69, 9.17) is 4.74 Å². The summed E-state index contributed by atoms with van der Waals surface area (Å²) >= 11 is 1.55. The van der Waals surface area contributed by atoms with Gasteiger partial charge >= 0.3 is 6.03 Å². The number of rotatable bonds is 2. The van der Waals surface area contributed by atoms with E-state index in [1.165, 1.54) is 0 Å². The van der Waals surface area contributed by atoms with E-state index in [0.29, 0.717) is 19.7 Å². The highest BCUT2D eigenvalue weighted by Crippen LogP contribution is 2.32. The lowest BCUT2D eigenvalue weighted by Gasteiger charge is -2.47. The minimum Gasteiger partial charge on any atom is -0.369 e. The maximum atomic E-state index is 12.3. The highest BCUT2D eigenvalue weighted by atomic mass is 32.1. The molecule has 1 N–H and O–H groups in total. The number of amides is 2. The van der Waals surface area contributed by atoms with Crippen molar-refractivity contribution in [2.45, 2.75) is 38.3 Å². The van der Waals surface area contributed by atoms with Crippen LogP contribution in [0.2, 0.25) is 0 Å². The molecule has 0 unspecified atom stereocenters. The molecule has 2 amide bonds. The summed E-state index contributed by atoms with van der Waals surface area (Å²) < 4.78 is 6.11. The van der Waals surface area contributed by atoms with Crippen LogP contribution in [0.5, 0.6) is 0 Å². The Kier molecular flexibility index (Phi) is 4.49. The molecule has 2 aliphatic rings. The first-order valence-electron chi connectivity index (χ1n) is 7.78. The van der Waals surface area contributed by atoms with Gasteiger partial charge in [0, 0.05) is 19.1 Å². The van der Waals surface area contributed by atoms with Crippen molar-refractivity contribution in [2.24, 2.45) is 0 Å². The number of urea groups is 1. The molecule has 3 heterocycles. The Morgan fingerprint density at radius 1 is 1.45 bits per heavy atom. The van der Waals surface area contributed by atoms with Gasteiger partial charge in [-0.1, -0.05) is 11.3 Å². The molecule has 1 aromatic rings. The Balaban J connectivity index is 1.68. The van der Waals surface area contributed by atoms with Gasteiger partial charge in [0.15, 0.2) is 0 Å². The van der Waals surface area contributed by atoms with Crippen LogP contribution in [0.3, 0.4) is 0 Å². The standard InChI is InChI=1S/C14H23N5O2S/c1-11(2)16-12(20)18-6-7-21-14(8-18)4-3-5-19(9-14)13-17-15-10-22-13/h10-11H,3-9H2,1-2H3,(H,16,20)/t14-/m1/s1. The van der Waals surface area contributed by atoms with Crippen LogP contribution in [0, 0.1) is 0 Å². The van der Waals surface area contributed by atoms with Crippen LogP contribution in [0.1, 0.15) is 26.7 Å². The van der Waals surface area contributed by atoms with Gasteiger partial charge in [-0.05, 0) is 26.7 Å². The molecule has 2 aliphatic heterocycles. The van der Waals surface area contributed by atoms with Crippen molar-refractivity contribution in [3.05, 3.63) is 5.51 Å². The van der Waals surface area contributed by atoms with Gasteiger partial charge in [-0.15, -0.1) is 10.2 Å². The quantitative estimate of drug-likeness (QED) is 0.888. The lowest BCUT2D eigenvalue weighted by Crippen LogP contribution is -2.62. The molecule has 0 radical (unpaired) electrons. The molecule has 122 valence electrons. The monoisotopic (exact) mass is 325 g/mol. The highest BCUT2D eigenvalue weighted by Gasteiger charge is 2.42. The number of ether oxygens (including phenoxy) is 1. The summed E-state index contributed by atoms with van der Waals surface area (Å²) in [4.78, 5) is 16.4. The van der Waals surface area contributed by atoms with Crippen LogP contribution < -0.4 is 10.2 Å². The number of nitrogens with one attached hydrogen (secondary N) is 1. The smallest absolute Gasteiger partial charge is 0.317 e. The summed E-state index contributed by atoms with van der Waals surface area (Å²) in [5.74, 6) is 0. The number of carbonyl (C=O) groups is 1. The van der Waals surface area contributed by atoms with Crippen LogP contribution in [-0.2, 0) is 4.74 Å². The number of piperidine rings is 1. The van der Waals surface area contributed by atoms with Crippen molar-refractivity contribution in [1.29, 1.82) is 0 Å². The van der Waals surface area contributed by atoms with E-state index >= 15 is 0 Å². The maximum Gasteiger partial charge on any atom is 0.317 e. The molecule has 2 fully saturated rings. The van der Waals surface area contributed by atoms with Gasteiger partial charge in [0.2, 0.25) is 5.13 Å². The van der Waals surface area contributed by atoms with Crippen molar-refractivity contribution in [3.8, 4) is 0 Å². The van der Waals surface area contributed by atoms with E-state index in [1.54, 1.807) is 16.8 Å². The van der Waals surface area contributed by atoms with Gasteiger partial charge < -0.3 is 19.9 Å². The first-order chi connectivity index (χ1) is 10.6. The summed E-state index contributed by atoms with van der Waals surface area (Å²) in [6.07, 6.45) is 2.02. The van der Waals surface area contributed by atoms with Gasteiger partial charge in [0.05, 0.1) is 19.7 Å². The minimum absolute atomic E-state index is 0.00529. The fourth-order valence-corrected chi connectivity index (χ4v) is 3.76. The van der Waals surface area contributed by atoms with Crippen LogP contribution >= 0.6 is 11.3 Å². The summed E-state index contributed by atoms with van der Waals surface area (Å²) in [7, 11) is 0.